The first-order valence-corrected chi connectivity index (χ1v) is 11.2. The van der Waals surface area contributed by atoms with Gasteiger partial charge in [0.1, 0.15) is 5.75 Å². The van der Waals surface area contributed by atoms with E-state index in [4.69, 9.17) is 20.4 Å². The molecule has 0 unspecified atom stereocenters. The predicted molar refractivity (Wildman–Crippen MR) is 125 cm³/mol. The van der Waals surface area contributed by atoms with E-state index in [-0.39, 0.29) is 0 Å². The molecule has 3 rings (SSSR count). The number of nitrogens with two attached hydrogens (primary N) is 1. The van der Waals surface area contributed by atoms with E-state index in [0.717, 1.165) is 29.2 Å². The van der Waals surface area contributed by atoms with Crippen LogP contribution in [0.25, 0.3) is 11.1 Å². The van der Waals surface area contributed by atoms with Gasteiger partial charge in [-0.3, -0.25) is 4.79 Å². The zero-order valence-electron chi connectivity index (χ0n) is 19.7. The highest BCUT2D eigenvalue weighted by Gasteiger charge is 2.38. The molecule has 8 heteroatoms. The zero-order chi connectivity index (χ0) is 25.5. The van der Waals surface area contributed by atoms with Crippen molar-refractivity contribution in [2.45, 2.75) is 58.5 Å². The molecule has 0 aliphatic heterocycles. The number of hydrogen-bond donors (Lipinski definition) is 2. The van der Waals surface area contributed by atoms with E-state index in [1.54, 1.807) is 13.2 Å². The number of carbonyl (C=O) groups is 2. The van der Waals surface area contributed by atoms with Crippen LogP contribution in [-0.4, -0.2) is 30.3 Å². The third-order valence-electron chi connectivity index (χ3n) is 6.27. The van der Waals surface area contributed by atoms with Gasteiger partial charge < -0.3 is 15.6 Å². The first-order chi connectivity index (χ1) is 15.8. The molecule has 1 saturated carbocycles. The van der Waals surface area contributed by atoms with Gasteiger partial charge in [0.25, 0.3) is 0 Å². The van der Waals surface area contributed by atoms with Gasteiger partial charge in [-0.2, -0.15) is 13.2 Å². The number of ether oxygens (including phenoxy) is 1. The predicted octanol–water partition coefficient (Wildman–Crippen LogP) is 6.24. The van der Waals surface area contributed by atoms with Crippen molar-refractivity contribution in [3.8, 4) is 16.9 Å². The molecule has 1 aliphatic carbocycles. The van der Waals surface area contributed by atoms with Crippen molar-refractivity contribution in [3.05, 3.63) is 53.6 Å². The molecule has 1 aliphatic rings. The smallest absolute Gasteiger partial charge is 0.490 e. The third kappa shape index (κ3) is 8.08. The summed E-state index contributed by atoms with van der Waals surface area (Å²) in [4.78, 5) is 20.4. The highest BCUT2D eigenvalue weighted by molar-refractivity contribution is 5.94. The molecule has 0 spiro atoms. The number of aryl methyl sites for hydroxylation is 1. The zero-order valence-corrected chi connectivity index (χ0v) is 19.7. The molecular weight excluding hydrogens is 447 g/mol. The van der Waals surface area contributed by atoms with E-state index in [1.807, 2.05) is 18.2 Å². The van der Waals surface area contributed by atoms with Crippen LogP contribution in [0.4, 0.5) is 13.2 Å². The monoisotopic (exact) mass is 479 g/mol. The number of alkyl halides is 3. The van der Waals surface area contributed by atoms with E-state index in [1.165, 1.54) is 37.7 Å². The molecule has 5 nitrogen and oxygen atoms in total. The van der Waals surface area contributed by atoms with Crippen molar-refractivity contribution in [3.63, 3.8) is 0 Å². The van der Waals surface area contributed by atoms with Crippen LogP contribution in [0.15, 0.2) is 42.5 Å². The Morgan fingerprint density at radius 3 is 2.26 bits per heavy atom. The summed E-state index contributed by atoms with van der Waals surface area (Å²) in [6.07, 6.45) is 2.63. The summed E-state index contributed by atoms with van der Waals surface area (Å²) in [6, 6.07) is 13.8. The Hall–Kier alpha value is -3.03. The van der Waals surface area contributed by atoms with Gasteiger partial charge in [-0.15, -0.1) is 0 Å². The van der Waals surface area contributed by atoms with Crippen LogP contribution in [0, 0.1) is 11.3 Å². The largest absolute Gasteiger partial charge is 0.496 e. The van der Waals surface area contributed by atoms with Crippen LogP contribution in [0.3, 0.4) is 0 Å². The van der Waals surface area contributed by atoms with Gasteiger partial charge in [0.2, 0.25) is 5.91 Å². The second-order valence-corrected chi connectivity index (χ2v) is 9.43. The summed E-state index contributed by atoms with van der Waals surface area (Å²) in [6.45, 7) is 4.78. The second-order valence-electron chi connectivity index (χ2n) is 9.43. The maximum atomic E-state index is 11.5. The van der Waals surface area contributed by atoms with E-state index in [2.05, 4.69) is 32.0 Å². The van der Waals surface area contributed by atoms with Crippen molar-refractivity contribution >= 4 is 11.9 Å². The van der Waals surface area contributed by atoms with Gasteiger partial charge >= 0.3 is 12.1 Å². The topological polar surface area (TPSA) is 89.6 Å². The van der Waals surface area contributed by atoms with E-state index >= 15 is 0 Å². The SMILES string of the molecule is COc1cc(CCC2CCC(C)(C)CC2)ccc1-c1cccc(C(N)=O)c1.O=C(O)C(F)(F)F. The molecule has 2 aromatic rings. The van der Waals surface area contributed by atoms with Crippen LogP contribution < -0.4 is 10.5 Å². The minimum Gasteiger partial charge on any atom is -0.496 e. The van der Waals surface area contributed by atoms with Crippen LogP contribution in [0.2, 0.25) is 0 Å². The van der Waals surface area contributed by atoms with Gasteiger partial charge in [0.15, 0.2) is 0 Å². The lowest BCUT2D eigenvalue weighted by atomic mass is 9.72. The first kappa shape index (κ1) is 27.2. The molecule has 1 amide bonds. The first-order valence-electron chi connectivity index (χ1n) is 11.2. The number of aliphatic carboxylic acids is 1. The van der Waals surface area contributed by atoms with Crippen LogP contribution >= 0.6 is 0 Å². The lowest BCUT2D eigenvalue weighted by Crippen LogP contribution is -2.21. The number of carboxylic acids is 1. The van der Waals surface area contributed by atoms with E-state index < -0.39 is 18.1 Å². The third-order valence-corrected chi connectivity index (χ3v) is 6.27. The van der Waals surface area contributed by atoms with Gasteiger partial charge in [-0.25, -0.2) is 4.79 Å². The number of hydrogen-bond acceptors (Lipinski definition) is 3. The van der Waals surface area contributed by atoms with Gasteiger partial charge in [-0.1, -0.05) is 38.1 Å². The molecule has 1 fully saturated rings. The van der Waals surface area contributed by atoms with Crippen molar-refractivity contribution in [2.24, 2.45) is 17.1 Å². The average Bonchev–Trinajstić information content (AvgIpc) is 2.78. The highest BCUT2D eigenvalue weighted by Crippen LogP contribution is 2.40. The maximum absolute atomic E-state index is 11.5. The van der Waals surface area contributed by atoms with Gasteiger partial charge in [0.05, 0.1) is 7.11 Å². The summed E-state index contributed by atoms with van der Waals surface area (Å²) in [5, 5.41) is 7.12. The molecule has 34 heavy (non-hydrogen) atoms. The lowest BCUT2D eigenvalue weighted by molar-refractivity contribution is -0.192. The van der Waals surface area contributed by atoms with E-state index in [0.29, 0.717) is 11.0 Å². The Morgan fingerprint density at radius 1 is 1.12 bits per heavy atom. The minimum atomic E-state index is -5.08. The van der Waals surface area contributed by atoms with Gasteiger partial charge in [-0.05, 0) is 79.2 Å². The molecule has 0 saturated heterocycles. The summed E-state index contributed by atoms with van der Waals surface area (Å²) < 4.78 is 37.4. The summed E-state index contributed by atoms with van der Waals surface area (Å²) in [7, 11) is 1.70. The molecule has 186 valence electrons. The molecule has 0 atom stereocenters. The fourth-order valence-corrected chi connectivity index (χ4v) is 4.09. The average molecular weight is 480 g/mol. The van der Waals surface area contributed by atoms with Crippen molar-refractivity contribution in [1.29, 1.82) is 0 Å². The Bertz CT molecular complexity index is 992. The molecule has 0 bridgehead atoms. The molecule has 2 aromatic carbocycles. The Labute approximate surface area is 198 Å². The number of carboxylic acid groups (broad SMARTS) is 1. The summed E-state index contributed by atoms with van der Waals surface area (Å²) in [5.74, 6) is -1.48. The second kappa shape index (κ2) is 11.4. The number of carbonyl (C=O) groups excluding carboxylic acids is 1. The number of benzene rings is 2. The number of halogens is 3. The molecule has 0 aromatic heterocycles. The van der Waals surface area contributed by atoms with E-state index in [9.17, 15) is 18.0 Å². The van der Waals surface area contributed by atoms with Crippen molar-refractivity contribution < 1.29 is 32.6 Å². The van der Waals surface area contributed by atoms with Crippen molar-refractivity contribution in [1.82, 2.24) is 0 Å². The standard InChI is InChI=1S/C24H31NO2.C2HF3O2/c1-24(2)13-11-17(12-14-24)7-8-18-9-10-21(22(15-18)27-3)19-5-4-6-20(16-19)23(25)26;3-2(4,5)1(6)7/h4-6,9-10,15-17H,7-8,11-14H2,1-3H3,(H2,25,26);(H,6,7). The molecule has 0 radical (unpaired) electrons. The molecular formula is C26H32F3NO4. The fraction of sp³-hybridized carbons (Fsp3) is 0.462. The van der Waals surface area contributed by atoms with Crippen LogP contribution in [0.1, 0.15) is 61.9 Å². The number of rotatable bonds is 6. The number of primary amides is 1. The van der Waals surface area contributed by atoms with Crippen LogP contribution in [0.5, 0.6) is 5.75 Å². The quantitative estimate of drug-likeness (QED) is 0.513. The molecule has 0 heterocycles. The summed E-state index contributed by atoms with van der Waals surface area (Å²) >= 11 is 0. The lowest BCUT2D eigenvalue weighted by Gasteiger charge is -2.34. The number of amides is 1. The normalized spacial score (nSPS) is 15.7. The van der Waals surface area contributed by atoms with Crippen molar-refractivity contribution in [2.75, 3.05) is 7.11 Å². The Kier molecular flexibility index (Phi) is 9.13. The highest BCUT2D eigenvalue weighted by atomic mass is 19.4. The van der Waals surface area contributed by atoms with Crippen LogP contribution in [-0.2, 0) is 11.2 Å². The Morgan fingerprint density at radius 2 is 1.74 bits per heavy atom. The van der Waals surface area contributed by atoms with Gasteiger partial charge in [0, 0.05) is 11.1 Å². The maximum Gasteiger partial charge on any atom is 0.490 e. The number of methoxy groups -OCH3 is 1. The molecule has 3 N–H and O–H groups in total. The summed E-state index contributed by atoms with van der Waals surface area (Å²) in [5.41, 5.74) is 9.70. The Balaban J connectivity index is 0.000000509. The fourth-order valence-electron chi connectivity index (χ4n) is 4.09. The minimum absolute atomic E-state index is 0.414.